The minimum absolute atomic E-state index is 0.00338. The van der Waals surface area contributed by atoms with E-state index in [9.17, 15) is 69.0 Å². The molecule has 6 N–H and O–H groups in total. The van der Waals surface area contributed by atoms with E-state index in [2.05, 4.69) is 126 Å². The second kappa shape index (κ2) is 37.3. The zero-order valence-corrected chi connectivity index (χ0v) is 77.4. The Labute approximate surface area is 718 Å². The number of alkyl halides is 1. The Morgan fingerprint density at radius 1 is 0.487 bits per heavy atom. The van der Waals surface area contributed by atoms with Crippen molar-refractivity contribution >= 4 is 57.9 Å². The first-order valence-electron chi connectivity index (χ1n) is 45.8. The molecule has 0 aliphatic heterocycles. The average Bonchev–Trinajstić information content (AvgIpc) is 1.65. The summed E-state index contributed by atoms with van der Waals surface area (Å²) in [6.07, 6.45) is 41.0. The normalized spacial score (nSPS) is 38.3. The summed E-state index contributed by atoms with van der Waals surface area (Å²) in [6, 6.07) is 0. The van der Waals surface area contributed by atoms with E-state index in [0.29, 0.717) is 92.6 Å². The SMILES string of the molecule is C=CC(=O)CC.CC1(C)C(=O)/C(=C\O)C[C@]2(C)C3=CCC[C@@H](O)[C@]3(C)CC[C@@H]12.CC1(C)C(=O)CC[C@]2(C)C3=CCC[C@@H](O)[C@]3(C)CC[C@@H]12.CC1(C)c2oncc2C[C@]2(C)C3=CCC[C@@H](O)[C@]3(C)CC[C@@H]12.CC1=C2CCC[C@@H](O)[C@]2(C)CCC1=O.CC1=C2CC[C@]3(C)C(=CCC[C@H]3O)[C@@]2(C)CCC1=O.CC1C(=O)CCCC1=O.CCC(=O)CCCl. The van der Waals surface area contributed by atoms with Crippen LogP contribution in [0, 0.1) is 83.2 Å². The molecule has 1 aromatic heterocycles. The third kappa shape index (κ3) is 18.1. The van der Waals surface area contributed by atoms with Crippen molar-refractivity contribution in [3.05, 3.63) is 111 Å². The zero-order valence-electron chi connectivity index (χ0n) is 76.7. The topological polar surface area (TPSA) is 284 Å². The fraction of sp³-hybridized carbons (Fsp3) is 0.735. The number of aliphatic hydroxyl groups is 6. The smallest absolute Gasteiger partial charge is 0.167 e. The molecule has 0 saturated heterocycles. The fourth-order valence-electron chi connectivity index (χ4n) is 26.6. The number of carbonyl (C=O) groups excluding carboxylic acids is 8. The number of fused-ring (bicyclic) bond motifs is 14. The number of rotatable bonds is 5. The Kier molecular flexibility index (Phi) is 30.4. The van der Waals surface area contributed by atoms with Gasteiger partial charge in [-0.2, -0.15) is 0 Å². The summed E-state index contributed by atoms with van der Waals surface area (Å²) in [5.74, 6) is 4.19. The first-order valence-corrected chi connectivity index (χ1v) is 46.4. The van der Waals surface area contributed by atoms with Gasteiger partial charge in [-0.25, -0.2) is 0 Å². The number of ketones is 8. The van der Waals surface area contributed by atoms with Crippen LogP contribution in [0.3, 0.4) is 0 Å². The Balaban J connectivity index is 0.000000160. The first-order chi connectivity index (χ1) is 55.5. The number of allylic oxidation sites excluding steroid dienone is 9. The highest BCUT2D eigenvalue weighted by atomic mass is 35.5. The van der Waals surface area contributed by atoms with Crippen molar-refractivity contribution in [2.24, 2.45) is 83.2 Å². The van der Waals surface area contributed by atoms with Crippen LogP contribution in [0.2, 0.25) is 0 Å². The number of hydrogen-bond acceptors (Lipinski definition) is 16. The minimum Gasteiger partial charge on any atom is -0.515 e. The number of Topliss-reactive ketones (excluding diaryl/α,β-unsaturated/α-hetero) is 7. The van der Waals surface area contributed by atoms with Crippen LogP contribution < -0.4 is 0 Å². The highest BCUT2D eigenvalue weighted by Crippen LogP contribution is 2.70. The van der Waals surface area contributed by atoms with E-state index in [1.807, 2.05) is 47.7 Å². The van der Waals surface area contributed by atoms with Gasteiger partial charge in [-0.1, -0.05) is 187 Å². The molecule has 15 aliphatic carbocycles. The summed E-state index contributed by atoms with van der Waals surface area (Å²) >= 11 is 5.25. The van der Waals surface area contributed by atoms with Crippen LogP contribution in [0.1, 0.15) is 355 Å². The molecule has 0 bridgehead atoms. The molecule has 17 heteroatoms. The van der Waals surface area contributed by atoms with Gasteiger partial charge in [0, 0.05) is 117 Å². The van der Waals surface area contributed by atoms with E-state index in [-0.39, 0.29) is 137 Å². The summed E-state index contributed by atoms with van der Waals surface area (Å²) in [7, 11) is 0. The number of hydrogen-bond donors (Lipinski definition) is 6. The van der Waals surface area contributed by atoms with Crippen LogP contribution in [-0.2, 0) is 50.2 Å². The van der Waals surface area contributed by atoms with Crippen molar-refractivity contribution < 1.29 is 73.5 Å². The Hall–Kier alpha value is -5.62. The molecular formula is C102H152ClNO15. The molecule has 16 rings (SSSR count). The van der Waals surface area contributed by atoms with E-state index in [0.717, 1.165) is 177 Å². The van der Waals surface area contributed by atoms with E-state index in [1.54, 1.807) is 6.92 Å². The third-order valence-corrected chi connectivity index (χ3v) is 34.4. The number of aromatic nitrogens is 1. The molecule has 17 atom stereocenters. The van der Waals surface area contributed by atoms with Crippen LogP contribution >= 0.6 is 11.6 Å². The van der Waals surface area contributed by atoms with E-state index in [1.165, 1.54) is 45.1 Å². The molecule has 8 fully saturated rings. The molecule has 15 aliphatic rings. The Bertz CT molecular complexity index is 4230. The van der Waals surface area contributed by atoms with Crippen molar-refractivity contribution in [3.8, 4) is 0 Å². The Morgan fingerprint density at radius 3 is 1.37 bits per heavy atom. The summed E-state index contributed by atoms with van der Waals surface area (Å²) in [5, 5.41) is 66.0. The van der Waals surface area contributed by atoms with Gasteiger partial charge in [-0.15, -0.1) is 11.6 Å². The molecule has 662 valence electrons. The lowest BCUT2D eigenvalue weighted by Crippen LogP contribution is -2.57. The van der Waals surface area contributed by atoms with Crippen molar-refractivity contribution in [2.45, 2.75) is 386 Å². The fourth-order valence-corrected chi connectivity index (χ4v) is 26.8. The third-order valence-electron chi connectivity index (χ3n) is 34.3. The summed E-state index contributed by atoms with van der Waals surface area (Å²) in [5.41, 5.74) is 10.9. The van der Waals surface area contributed by atoms with Crippen LogP contribution in [0.5, 0.6) is 0 Å². The molecule has 119 heavy (non-hydrogen) atoms. The molecule has 0 spiro atoms. The van der Waals surface area contributed by atoms with E-state index >= 15 is 0 Å². The molecule has 1 heterocycles. The predicted molar refractivity (Wildman–Crippen MR) is 472 cm³/mol. The van der Waals surface area contributed by atoms with Gasteiger partial charge in [0.2, 0.25) is 0 Å². The largest absolute Gasteiger partial charge is 0.515 e. The van der Waals surface area contributed by atoms with Gasteiger partial charge >= 0.3 is 0 Å². The quantitative estimate of drug-likeness (QED) is 0.0525. The van der Waals surface area contributed by atoms with Crippen LogP contribution in [0.15, 0.2) is 104 Å². The summed E-state index contributed by atoms with van der Waals surface area (Å²) < 4.78 is 5.63. The predicted octanol–water partition coefficient (Wildman–Crippen LogP) is 21.3. The van der Waals surface area contributed by atoms with Gasteiger partial charge in [0.1, 0.15) is 28.9 Å². The monoisotopic (exact) mass is 1670 g/mol. The maximum Gasteiger partial charge on any atom is 0.167 e. The van der Waals surface area contributed by atoms with Gasteiger partial charge < -0.3 is 35.2 Å². The maximum atomic E-state index is 12.7. The maximum absolute atomic E-state index is 12.7. The highest BCUT2D eigenvalue weighted by molar-refractivity contribution is 6.19. The van der Waals surface area contributed by atoms with Gasteiger partial charge in [0.05, 0.1) is 48.9 Å². The molecule has 8 saturated carbocycles. The number of nitrogens with zero attached hydrogens (tertiary/aromatic N) is 1. The van der Waals surface area contributed by atoms with Crippen molar-refractivity contribution in [3.63, 3.8) is 0 Å². The van der Waals surface area contributed by atoms with Crippen molar-refractivity contribution in [1.82, 2.24) is 5.16 Å². The van der Waals surface area contributed by atoms with E-state index in [4.69, 9.17) is 16.1 Å². The van der Waals surface area contributed by atoms with Gasteiger partial charge in [0.25, 0.3) is 0 Å². The van der Waals surface area contributed by atoms with E-state index < -0.39 is 5.41 Å². The lowest BCUT2D eigenvalue weighted by molar-refractivity contribution is -0.143. The van der Waals surface area contributed by atoms with Crippen LogP contribution in [-0.4, -0.2) is 118 Å². The molecule has 0 radical (unpaired) electrons. The molecule has 0 aromatic carbocycles. The van der Waals surface area contributed by atoms with Crippen LogP contribution in [0.25, 0.3) is 0 Å². The lowest BCUT2D eigenvalue weighted by Gasteiger charge is -2.61. The molecule has 0 unspecified atom stereocenters. The number of halogens is 1. The summed E-state index contributed by atoms with van der Waals surface area (Å²) in [6.45, 7) is 45.8. The molecule has 16 nitrogen and oxygen atoms in total. The van der Waals surface area contributed by atoms with Gasteiger partial charge in [-0.3, -0.25) is 38.4 Å². The number of carbonyl (C=O) groups is 8. The highest BCUT2D eigenvalue weighted by Gasteiger charge is 2.64. The van der Waals surface area contributed by atoms with Gasteiger partial charge in [-0.05, 0) is 233 Å². The van der Waals surface area contributed by atoms with Crippen molar-refractivity contribution in [1.29, 1.82) is 0 Å². The summed E-state index contributed by atoms with van der Waals surface area (Å²) in [4.78, 5) is 90.5. The Morgan fingerprint density at radius 2 is 0.916 bits per heavy atom. The molecular weight excluding hydrogens is 1510 g/mol. The zero-order chi connectivity index (χ0) is 88.6. The molecule has 0 amide bonds. The van der Waals surface area contributed by atoms with Crippen molar-refractivity contribution in [2.75, 3.05) is 5.88 Å². The number of aliphatic hydroxyl groups excluding tert-OH is 6. The lowest BCUT2D eigenvalue weighted by atomic mass is 9.43. The second-order valence-corrected chi connectivity index (χ2v) is 42.6. The average molecular weight is 1670 g/mol. The standard InChI is InChI=1S/C19H27NO2.C19H28O3.C18H28O2.C17H24O2.C12H18O2.C7H10O2.C5H9ClO.C5H8O/c1-17(2)13-8-9-18(3)14(6-5-7-15(18)21)19(13,4)10-12-11-20-22-16(12)17;1-17(2)13-8-9-18(3)14(6-5-7-15(18)21)19(13,4)10-12(11-20)16(17)22;1-16(2)12-8-10-18(4)13(6-5-7-15(18)20)17(12,3)11-9-14(16)19;1-11-12-7-9-17(3)14(5-4-6-15(17)19)16(12,2)10-8-13(11)18;1-8-9-4-3-5-11(14)12(9,2)7-6-10(8)13;1-5-6(8)3-2-4-7(5)9;1-2-5(7)3-4-6;1-3-5(6)4-2/h6,11,13,15,21H,5,7-10H2,1-4H3;6,11,13,15,20-21H,5,7-10H2,1-4H3;6,12,15,20H,5,7-11H2,1-4H3;5,15,19H,4,6-10H2,1-3H3;11,14H,3-7H2,1-2H3;5H,2-4H2,1H3;2-4H2,1H3;3H,1,4H2,2H3/b;12-11-;;;;;;/t2*13-,15+,18+,19-;12-,15+,17-,18+;15-,16+,17-;11-,12-;;;/m00011.../s1. The first kappa shape index (κ1) is 97.2. The minimum atomic E-state index is -0.466. The van der Waals surface area contributed by atoms with Crippen LogP contribution in [0.4, 0.5) is 0 Å². The van der Waals surface area contributed by atoms with Gasteiger partial charge in [0.15, 0.2) is 23.1 Å². The second-order valence-electron chi connectivity index (χ2n) is 42.2. The molecule has 1 aromatic rings.